The molecule has 1 fully saturated rings. The van der Waals surface area contributed by atoms with E-state index in [-0.39, 0.29) is 0 Å². The lowest BCUT2D eigenvalue weighted by molar-refractivity contribution is 0.174. The number of thiophene rings is 1. The quantitative estimate of drug-likeness (QED) is 0.415. The van der Waals surface area contributed by atoms with Gasteiger partial charge in [-0.1, -0.05) is 18.2 Å². The molecule has 2 aromatic heterocycles. The smallest absolute Gasteiger partial charge is 0.231 e. The van der Waals surface area contributed by atoms with E-state index >= 15 is 0 Å². The van der Waals surface area contributed by atoms with Gasteiger partial charge in [-0.05, 0) is 42.3 Å². The van der Waals surface area contributed by atoms with Gasteiger partial charge in [-0.15, -0.1) is 11.3 Å². The molecule has 6 rings (SSSR count). The number of hydrogen-bond acceptors (Lipinski definition) is 8. The number of fused-ring (bicyclic) bond motifs is 2. The van der Waals surface area contributed by atoms with E-state index in [0.717, 1.165) is 77.4 Å². The molecule has 8 heteroatoms. The summed E-state index contributed by atoms with van der Waals surface area (Å²) in [6.45, 7) is 6.99. The summed E-state index contributed by atoms with van der Waals surface area (Å²) in [4.78, 5) is 15.6. The number of nitrogens with zero attached hydrogens (tertiary/aromatic N) is 4. The molecule has 7 nitrogen and oxygen atoms in total. The van der Waals surface area contributed by atoms with E-state index in [1.54, 1.807) is 18.4 Å². The first-order valence-electron chi connectivity index (χ1n) is 11.4. The first kappa shape index (κ1) is 21.2. The Balaban J connectivity index is 1.23. The Bertz CT molecular complexity index is 1330. The first-order valence-corrected chi connectivity index (χ1v) is 12.3. The van der Waals surface area contributed by atoms with Crippen LogP contribution >= 0.6 is 11.3 Å². The lowest BCUT2D eigenvalue weighted by atomic mass is 10.1. The second-order valence-corrected chi connectivity index (χ2v) is 9.46. The molecule has 0 bridgehead atoms. The second kappa shape index (κ2) is 8.77. The van der Waals surface area contributed by atoms with Gasteiger partial charge < -0.3 is 19.1 Å². The number of aromatic nitrogens is 2. The molecule has 0 amide bonds. The Kier molecular flexibility index (Phi) is 5.47. The SMILES string of the molecule is COc1ccc(-c2csc3nc(C)nc(N4CCN(Cc5ccc6c(c5)OCO6)CC4)c23)cc1. The van der Waals surface area contributed by atoms with Gasteiger partial charge in [-0.25, -0.2) is 9.97 Å². The highest BCUT2D eigenvalue weighted by Gasteiger charge is 2.24. The predicted molar refractivity (Wildman–Crippen MR) is 134 cm³/mol. The minimum absolute atomic E-state index is 0.311. The van der Waals surface area contributed by atoms with Crippen molar-refractivity contribution in [2.24, 2.45) is 0 Å². The van der Waals surface area contributed by atoms with Crippen LogP contribution in [0.4, 0.5) is 5.82 Å². The van der Waals surface area contributed by atoms with Crippen LogP contribution in [0.15, 0.2) is 47.8 Å². The molecular weight excluding hydrogens is 448 g/mol. The molecule has 0 unspecified atom stereocenters. The van der Waals surface area contributed by atoms with Gasteiger partial charge in [-0.3, -0.25) is 4.90 Å². The summed E-state index contributed by atoms with van der Waals surface area (Å²) in [6, 6.07) is 14.4. The highest BCUT2D eigenvalue weighted by Crippen LogP contribution is 2.39. The van der Waals surface area contributed by atoms with Crippen molar-refractivity contribution in [1.29, 1.82) is 0 Å². The highest BCUT2D eigenvalue weighted by atomic mass is 32.1. The van der Waals surface area contributed by atoms with E-state index < -0.39 is 0 Å². The lowest BCUT2D eigenvalue weighted by Gasteiger charge is -2.36. The summed E-state index contributed by atoms with van der Waals surface area (Å²) in [5, 5.41) is 3.34. The van der Waals surface area contributed by atoms with Crippen molar-refractivity contribution in [2.75, 3.05) is 45.0 Å². The van der Waals surface area contributed by atoms with Gasteiger partial charge in [0.15, 0.2) is 11.5 Å². The zero-order valence-electron chi connectivity index (χ0n) is 19.3. The monoisotopic (exact) mass is 474 g/mol. The number of hydrogen-bond donors (Lipinski definition) is 0. The maximum atomic E-state index is 5.54. The van der Waals surface area contributed by atoms with E-state index in [1.165, 1.54) is 11.1 Å². The zero-order chi connectivity index (χ0) is 23.1. The Labute approximate surface area is 202 Å². The fourth-order valence-electron chi connectivity index (χ4n) is 4.65. The van der Waals surface area contributed by atoms with Gasteiger partial charge >= 0.3 is 0 Å². The fraction of sp³-hybridized carbons (Fsp3) is 0.308. The molecule has 1 saturated heterocycles. The van der Waals surface area contributed by atoms with Crippen LogP contribution < -0.4 is 19.1 Å². The molecule has 0 spiro atoms. The van der Waals surface area contributed by atoms with Crippen LogP contribution in [0.1, 0.15) is 11.4 Å². The maximum absolute atomic E-state index is 5.54. The van der Waals surface area contributed by atoms with Crippen LogP contribution in [-0.2, 0) is 6.54 Å². The van der Waals surface area contributed by atoms with Crippen LogP contribution in [-0.4, -0.2) is 54.9 Å². The molecule has 0 aliphatic carbocycles. The van der Waals surface area contributed by atoms with Gasteiger partial charge in [0.05, 0.1) is 12.5 Å². The molecule has 34 heavy (non-hydrogen) atoms. The number of methoxy groups -OCH3 is 1. The largest absolute Gasteiger partial charge is 0.497 e. The molecule has 0 radical (unpaired) electrons. The van der Waals surface area contributed by atoms with Crippen molar-refractivity contribution in [1.82, 2.24) is 14.9 Å². The number of rotatable bonds is 5. The van der Waals surface area contributed by atoms with E-state index in [1.807, 2.05) is 25.1 Å². The average molecular weight is 475 g/mol. The van der Waals surface area contributed by atoms with Gasteiger partial charge in [0.25, 0.3) is 0 Å². The number of benzene rings is 2. The van der Waals surface area contributed by atoms with Gasteiger partial charge in [0.1, 0.15) is 22.2 Å². The van der Waals surface area contributed by atoms with Crippen LogP contribution in [0.2, 0.25) is 0 Å². The van der Waals surface area contributed by atoms with E-state index in [0.29, 0.717) is 6.79 Å². The molecule has 0 atom stereocenters. The summed E-state index contributed by atoms with van der Waals surface area (Å²) < 4.78 is 16.3. The number of ether oxygens (including phenoxy) is 3. The second-order valence-electron chi connectivity index (χ2n) is 8.60. The molecule has 0 N–H and O–H groups in total. The maximum Gasteiger partial charge on any atom is 0.231 e. The Morgan fingerprint density at radius 1 is 0.971 bits per heavy atom. The third-order valence-electron chi connectivity index (χ3n) is 6.44. The van der Waals surface area contributed by atoms with Gasteiger partial charge in [0, 0.05) is 43.7 Å². The van der Waals surface area contributed by atoms with E-state index in [4.69, 9.17) is 24.2 Å². The molecule has 2 aliphatic rings. The average Bonchev–Trinajstić information content (AvgIpc) is 3.51. The summed E-state index contributed by atoms with van der Waals surface area (Å²) >= 11 is 1.68. The minimum Gasteiger partial charge on any atom is -0.497 e. The van der Waals surface area contributed by atoms with Crippen LogP contribution in [0.3, 0.4) is 0 Å². The van der Waals surface area contributed by atoms with E-state index in [9.17, 15) is 0 Å². The minimum atomic E-state index is 0.311. The van der Waals surface area contributed by atoms with Crippen molar-refractivity contribution < 1.29 is 14.2 Å². The van der Waals surface area contributed by atoms with Crippen molar-refractivity contribution >= 4 is 27.4 Å². The molecule has 4 aromatic rings. The van der Waals surface area contributed by atoms with Crippen molar-refractivity contribution in [3.8, 4) is 28.4 Å². The van der Waals surface area contributed by atoms with Crippen molar-refractivity contribution in [3.63, 3.8) is 0 Å². The summed E-state index contributed by atoms with van der Waals surface area (Å²) in [6.07, 6.45) is 0. The topological polar surface area (TPSA) is 60.0 Å². The lowest BCUT2D eigenvalue weighted by Crippen LogP contribution is -2.46. The third kappa shape index (κ3) is 3.93. The molecule has 2 aromatic carbocycles. The van der Waals surface area contributed by atoms with E-state index in [2.05, 4.69) is 39.4 Å². The van der Waals surface area contributed by atoms with Gasteiger partial charge in [0.2, 0.25) is 6.79 Å². The van der Waals surface area contributed by atoms with Crippen LogP contribution in [0.5, 0.6) is 17.2 Å². The molecule has 4 heterocycles. The zero-order valence-corrected chi connectivity index (χ0v) is 20.1. The number of anilines is 1. The molecule has 0 saturated carbocycles. The van der Waals surface area contributed by atoms with Crippen molar-refractivity contribution in [2.45, 2.75) is 13.5 Å². The number of aryl methyl sites for hydroxylation is 1. The Morgan fingerprint density at radius 3 is 2.56 bits per heavy atom. The van der Waals surface area contributed by atoms with Crippen LogP contribution in [0, 0.1) is 6.92 Å². The normalized spacial score (nSPS) is 15.8. The first-order chi connectivity index (χ1) is 16.7. The third-order valence-corrected chi connectivity index (χ3v) is 7.31. The summed E-state index contributed by atoms with van der Waals surface area (Å²) in [5.74, 6) is 4.39. The predicted octanol–water partition coefficient (Wildman–Crippen LogP) is 4.73. The summed E-state index contributed by atoms with van der Waals surface area (Å²) in [5.41, 5.74) is 3.58. The fourth-order valence-corrected chi connectivity index (χ4v) is 5.64. The molecular formula is C26H26N4O3S. The van der Waals surface area contributed by atoms with Crippen LogP contribution in [0.25, 0.3) is 21.3 Å². The molecule has 174 valence electrons. The highest BCUT2D eigenvalue weighted by molar-refractivity contribution is 7.17. The molecule has 2 aliphatic heterocycles. The van der Waals surface area contributed by atoms with Crippen molar-refractivity contribution in [3.05, 3.63) is 59.2 Å². The van der Waals surface area contributed by atoms with Gasteiger partial charge in [-0.2, -0.15) is 0 Å². The Hall–Kier alpha value is -3.36. The summed E-state index contributed by atoms with van der Waals surface area (Å²) in [7, 11) is 1.69. The number of piperazine rings is 1. The standard InChI is InChI=1S/C26H26N4O3S/c1-17-27-25(24-21(15-34-26(24)28-17)19-4-6-20(31-2)7-5-19)30-11-9-29(10-12-30)14-18-3-8-22-23(13-18)33-16-32-22/h3-8,13,15H,9-12,14,16H2,1-2H3. The Morgan fingerprint density at radius 2 is 1.76 bits per heavy atom.